The summed E-state index contributed by atoms with van der Waals surface area (Å²) in [5.41, 5.74) is 0. The van der Waals surface area contributed by atoms with Crippen molar-refractivity contribution in [2.24, 2.45) is 0 Å². The number of anilines is 1. The molecule has 0 atom stereocenters. The highest BCUT2D eigenvalue weighted by Gasteiger charge is 1.98. The standard InChI is InChI=1S/C8H13N3O/c1-6(2)10-7-3-4-9-8(5-12)11-7/h3-4,6,12H,5H2,1-2H3,(H,9,10,11). The molecule has 0 amide bonds. The highest BCUT2D eigenvalue weighted by Crippen LogP contribution is 2.03. The largest absolute Gasteiger partial charge is 0.388 e. The minimum absolute atomic E-state index is 0.117. The van der Waals surface area contributed by atoms with E-state index in [4.69, 9.17) is 5.11 Å². The minimum atomic E-state index is -0.117. The molecule has 1 aromatic heterocycles. The lowest BCUT2D eigenvalue weighted by molar-refractivity contribution is 0.271. The van der Waals surface area contributed by atoms with Crippen molar-refractivity contribution in [2.45, 2.75) is 26.5 Å². The van der Waals surface area contributed by atoms with Crippen LogP contribution in [0.4, 0.5) is 5.82 Å². The van der Waals surface area contributed by atoms with Crippen molar-refractivity contribution in [3.63, 3.8) is 0 Å². The van der Waals surface area contributed by atoms with Crippen molar-refractivity contribution in [1.82, 2.24) is 9.97 Å². The van der Waals surface area contributed by atoms with E-state index >= 15 is 0 Å². The van der Waals surface area contributed by atoms with Crippen molar-refractivity contribution >= 4 is 5.82 Å². The molecule has 0 aliphatic carbocycles. The van der Waals surface area contributed by atoms with Crippen LogP contribution in [0.1, 0.15) is 19.7 Å². The Balaban J connectivity index is 2.72. The molecule has 0 unspecified atom stereocenters. The Hall–Kier alpha value is -1.16. The molecule has 1 aromatic rings. The number of hydrogen-bond acceptors (Lipinski definition) is 4. The molecule has 12 heavy (non-hydrogen) atoms. The van der Waals surface area contributed by atoms with E-state index in [1.807, 2.05) is 13.8 Å². The number of nitrogens with zero attached hydrogens (tertiary/aromatic N) is 2. The van der Waals surface area contributed by atoms with E-state index < -0.39 is 0 Å². The van der Waals surface area contributed by atoms with Gasteiger partial charge in [-0.05, 0) is 19.9 Å². The fourth-order valence-corrected chi connectivity index (χ4v) is 0.851. The smallest absolute Gasteiger partial charge is 0.156 e. The molecular formula is C8H13N3O. The third kappa shape index (κ3) is 2.47. The first-order chi connectivity index (χ1) is 5.72. The maximum absolute atomic E-state index is 8.74. The molecule has 0 fully saturated rings. The molecule has 0 radical (unpaired) electrons. The third-order valence-corrected chi connectivity index (χ3v) is 1.28. The lowest BCUT2D eigenvalue weighted by Crippen LogP contribution is -2.11. The summed E-state index contributed by atoms with van der Waals surface area (Å²) in [5.74, 6) is 1.20. The zero-order valence-corrected chi connectivity index (χ0v) is 7.28. The molecular weight excluding hydrogens is 154 g/mol. The van der Waals surface area contributed by atoms with Crippen molar-refractivity contribution < 1.29 is 5.11 Å². The van der Waals surface area contributed by atoms with Gasteiger partial charge in [0.1, 0.15) is 12.4 Å². The number of nitrogens with one attached hydrogen (secondary N) is 1. The molecule has 0 bridgehead atoms. The van der Waals surface area contributed by atoms with Gasteiger partial charge in [-0.1, -0.05) is 0 Å². The summed E-state index contributed by atoms with van der Waals surface area (Å²) in [4.78, 5) is 7.92. The van der Waals surface area contributed by atoms with Gasteiger partial charge in [0.25, 0.3) is 0 Å². The summed E-state index contributed by atoms with van der Waals surface area (Å²) in [6.07, 6.45) is 1.63. The molecule has 0 aromatic carbocycles. The average molecular weight is 167 g/mol. The van der Waals surface area contributed by atoms with Crippen LogP contribution < -0.4 is 5.32 Å². The van der Waals surface area contributed by atoms with Gasteiger partial charge in [0, 0.05) is 12.2 Å². The van der Waals surface area contributed by atoms with Crippen LogP contribution in [0.5, 0.6) is 0 Å². The van der Waals surface area contributed by atoms with Crippen LogP contribution in [-0.4, -0.2) is 21.1 Å². The van der Waals surface area contributed by atoms with Crippen LogP contribution in [0, 0.1) is 0 Å². The van der Waals surface area contributed by atoms with Gasteiger partial charge in [0.2, 0.25) is 0 Å². The molecule has 4 heteroatoms. The Morgan fingerprint density at radius 3 is 2.92 bits per heavy atom. The maximum Gasteiger partial charge on any atom is 0.156 e. The number of rotatable bonds is 3. The second-order valence-electron chi connectivity index (χ2n) is 2.82. The second kappa shape index (κ2) is 4.01. The summed E-state index contributed by atoms with van der Waals surface area (Å²) in [7, 11) is 0. The Morgan fingerprint density at radius 2 is 2.33 bits per heavy atom. The molecule has 1 heterocycles. The summed E-state index contributed by atoms with van der Waals surface area (Å²) in [6.45, 7) is 3.94. The van der Waals surface area contributed by atoms with Gasteiger partial charge >= 0.3 is 0 Å². The molecule has 4 nitrogen and oxygen atoms in total. The van der Waals surface area contributed by atoms with Crippen molar-refractivity contribution in [3.05, 3.63) is 18.1 Å². The summed E-state index contributed by atoms with van der Waals surface area (Å²) in [5, 5.41) is 11.9. The van der Waals surface area contributed by atoms with Crippen LogP contribution in [-0.2, 0) is 6.61 Å². The second-order valence-corrected chi connectivity index (χ2v) is 2.82. The lowest BCUT2D eigenvalue weighted by atomic mass is 10.4. The minimum Gasteiger partial charge on any atom is -0.388 e. The summed E-state index contributed by atoms with van der Waals surface area (Å²) in [6, 6.07) is 2.12. The van der Waals surface area contributed by atoms with Gasteiger partial charge in [-0.3, -0.25) is 0 Å². The lowest BCUT2D eigenvalue weighted by Gasteiger charge is -2.08. The van der Waals surface area contributed by atoms with Crippen LogP contribution >= 0.6 is 0 Å². The monoisotopic (exact) mass is 167 g/mol. The molecule has 0 aliphatic rings. The van der Waals surface area contributed by atoms with E-state index in [0.29, 0.717) is 11.9 Å². The summed E-state index contributed by atoms with van der Waals surface area (Å²) >= 11 is 0. The Labute approximate surface area is 71.7 Å². The molecule has 66 valence electrons. The third-order valence-electron chi connectivity index (χ3n) is 1.28. The van der Waals surface area contributed by atoms with E-state index in [-0.39, 0.29) is 6.61 Å². The number of hydrogen-bond donors (Lipinski definition) is 2. The predicted octanol–water partition coefficient (Wildman–Crippen LogP) is 0.789. The van der Waals surface area contributed by atoms with Crippen LogP contribution in [0.3, 0.4) is 0 Å². The maximum atomic E-state index is 8.74. The van der Waals surface area contributed by atoms with Gasteiger partial charge in [0.05, 0.1) is 0 Å². The van der Waals surface area contributed by atoms with Crippen LogP contribution in [0.25, 0.3) is 0 Å². The number of aromatic nitrogens is 2. The van der Waals surface area contributed by atoms with Gasteiger partial charge in [0.15, 0.2) is 5.82 Å². The first-order valence-corrected chi connectivity index (χ1v) is 3.91. The normalized spacial score (nSPS) is 10.3. The van der Waals surface area contributed by atoms with Gasteiger partial charge in [-0.25, -0.2) is 9.97 Å². The van der Waals surface area contributed by atoms with E-state index in [1.165, 1.54) is 0 Å². The van der Waals surface area contributed by atoms with Crippen LogP contribution in [0.2, 0.25) is 0 Å². The molecule has 0 aliphatic heterocycles. The van der Waals surface area contributed by atoms with Gasteiger partial charge in [-0.2, -0.15) is 0 Å². The fraction of sp³-hybridized carbons (Fsp3) is 0.500. The summed E-state index contributed by atoms with van der Waals surface area (Å²) < 4.78 is 0. The van der Waals surface area contributed by atoms with E-state index in [1.54, 1.807) is 12.3 Å². The van der Waals surface area contributed by atoms with E-state index in [9.17, 15) is 0 Å². The van der Waals surface area contributed by atoms with Gasteiger partial charge < -0.3 is 10.4 Å². The Kier molecular flexibility index (Phi) is 2.99. The topological polar surface area (TPSA) is 58.0 Å². The molecule has 1 rings (SSSR count). The van der Waals surface area contributed by atoms with E-state index in [0.717, 1.165) is 5.82 Å². The predicted molar refractivity (Wildman–Crippen MR) is 46.7 cm³/mol. The highest BCUT2D eigenvalue weighted by atomic mass is 16.3. The number of aliphatic hydroxyl groups is 1. The Bertz CT molecular complexity index is 250. The highest BCUT2D eigenvalue weighted by molar-refractivity contribution is 5.33. The first kappa shape index (κ1) is 8.93. The zero-order valence-electron chi connectivity index (χ0n) is 7.28. The molecule has 2 N–H and O–H groups in total. The van der Waals surface area contributed by atoms with Crippen molar-refractivity contribution in [3.8, 4) is 0 Å². The van der Waals surface area contributed by atoms with Gasteiger partial charge in [-0.15, -0.1) is 0 Å². The van der Waals surface area contributed by atoms with Crippen LogP contribution in [0.15, 0.2) is 12.3 Å². The fourth-order valence-electron chi connectivity index (χ4n) is 0.851. The Morgan fingerprint density at radius 1 is 1.58 bits per heavy atom. The first-order valence-electron chi connectivity index (χ1n) is 3.91. The number of aliphatic hydroxyl groups excluding tert-OH is 1. The van der Waals surface area contributed by atoms with Crippen molar-refractivity contribution in [1.29, 1.82) is 0 Å². The van der Waals surface area contributed by atoms with Crippen molar-refractivity contribution in [2.75, 3.05) is 5.32 Å². The molecule has 0 saturated carbocycles. The average Bonchev–Trinajstić information content (AvgIpc) is 2.03. The molecule has 0 saturated heterocycles. The molecule has 0 spiro atoms. The zero-order chi connectivity index (χ0) is 8.97. The quantitative estimate of drug-likeness (QED) is 0.698. The SMILES string of the molecule is CC(C)Nc1ccnc(CO)n1. The van der Waals surface area contributed by atoms with E-state index in [2.05, 4.69) is 15.3 Å².